The van der Waals surface area contributed by atoms with Crippen LogP contribution in [0.5, 0.6) is 0 Å². The van der Waals surface area contributed by atoms with Crippen molar-refractivity contribution in [2.75, 3.05) is 32.7 Å². The van der Waals surface area contributed by atoms with Gasteiger partial charge in [0.05, 0.1) is 0 Å². The molecule has 1 aliphatic heterocycles. The molecule has 1 N–H and O–H groups in total. The predicted molar refractivity (Wildman–Crippen MR) is 81.6 cm³/mol. The van der Waals surface area contributed by atoms with Gasteiger partial charge in [0.1, 0.15) is 0 Å². The van der Waals surface area contributed by atoms with E-state index >= 15 is 0 Å². The van der Waals surface area contributed by atoms with E-state index in [0.717, 1.165) is 26.1 Å². The normalized spacial score (nSPS) is 15.8. The summed E-state index contributed by atoms with van der Waals surface area (Å²) in [4.78, 5) is 27.6. The molecule has 0 aliphatic carbocycles. The topological polar surface area (TPSA) is 52.7 Å². The summed E-state index contributed by atoms with van der Waals surface area (Å²) in [5.74, 6) is -0.879. The van der Waals surface area contributed by atoms with E-state index in [0.29, 0.717) is 19.6 Å². The Morgan fingerprint density at radius 2 is 1.76 bits per heavy atom. The monoisotopic (exact) mass is 289 g/mol. The summed E-state index contributed by atoms with van der Waals surface area (Å²) in [7, 11) is 0. The van der Waals surface area contributed by atoms with Crippen LogP contribution in [0.15, 0.2) is 30.3 Å². The lowest BCUT2D eigenvalue weighted by molar-refractivity contribution is -0.147. The lowest BCUT2D eigenvalue weighted by Crippen LogP contribution is -2.52. The first-order chi connectivity index (χ1) is 10.2. The number of piperazine rings is 1. The number of benzene rings is 1. The molecule has 114 valence electrons. The highest BCUT2D eigenvalue weighted by Crippen LogP contribution is 2.08. The van der Waals surface area contributed by atoms with Gasteiger partial charge in [-0.15, -0.1) is 0 Å². The van der Waals surface area contributed by atoms with Gasteiger partial charge in [-0.05, 0) is 12.0 Å². The van der Waals surface area contributed by atoms with Gasteiger partial charge in [0.2, 0.25) is 0 Å². The van der Waals surface area contributed by atoms with Crippen LogP contribution in [0.25, 0.3) is 0 Å². The summed E-state index contributed by atoms with van der Waals surface area (Å²) in [5, 5.41) is 2.64. The quantitative estimate of drug-likeness (QED) is 0.836. The fourth-order valence-corrected chi connectivity index (χ4v) is 2.41. The number of nitrogens with zero attached hydrogens (tertiary/aromatic N) is 2. The van der Waals surface area contributed by atoms with Crippen LogP contribution < -0.4 is 5.32 Å². The van der Waals surface area contributed by atoms with Gasteiger partial charge in [-0.1, -0.05) is 37.3 Å². The first-order valence-electron chi connectivity index (χ1n) is 7.54. The Morgan fingerprint density at radius 1 is 1.10 bits per heavy atom. The minimum Gasteiger partial charge on any atom is -0.348 e. The molecule has 1 aromatic carbocycles. The maximum absolute atomic E-state index is 12.0. The number of hydrogen-bond acceptors (Lipinski definition) is 3. The van der Waals surface area contributed by atoms with Crippen molar-refractivity contribution < 1.29 is 9.59 Å². The second kappa shape index (κ2) is 7.78. The molecule has 1 heterocycles. The Balaban J connectivity index is 1.77. The van der Waals surface area contributed by atoms with Crippen molar-refractivity contribution in [3.8, 4) is 0 Å². The Bertz CT molecular complexity index is 468. The molecule has 0 radical (unpaired) electrons. The highest BCUT2D eigenvalue weighted by Gasteiger charge is 2.25. The minimum atomic E-state index is -0.478. The highest BCUT2D eigenvalue weighted by atomic mass is 16.2. The average molecular weight is 289 g/mol. The van der Waals surface area contributed by atoms with Crippen LogP contribution in [0.2, 0.25) is 0 Å². The Labute approximate surface area is 125 Å². The molecule has 2 rings (SSSR count). The third-order valence-corrected chi connectivity index (χ3v) is 3.64. The van der Waals surface area contributed by atoms with Crippen LogP contribution in [-0.4, -0.2) is 54.3 Å². The molecule has 1 aromatic rings. The molecule has 2 amide bonds. The summed E-state index contributed by atoms with van der Waals surface area (Å²) in [5.41, 5.74) is 1.28. The maximum atomic E-state index is 12.0. The van der Waals surface area contributed by atoms with E-state index in [1.54, 1.807) is 4.90 Å². The fraction of sp³-hybridized carbons (Fsp3) is 0.500. The van der Waals surface area contributed by atoms with Crippen molar-refractivity contribution in [1.82, 2.24) is 15.1 Å². The Hall–Kier alpha value is -1.88. The molecule has 0 unspecified atom stereocenters. The van der Waals surface area contributed by atoms with Gasteiger partial charge in [0, 0.05) is 39.3 Å². The maximum Gasteiger partial charge on any atom is 0.311 e. The molecule has 21 heavy (non-hydrogen) atoms. The van der Waals surface area contributed by atoms with Crippen molar-refractivity contribution in [1.29, 1.82) is 0 Å². The van der Waals surface area contributed by atoms with Crippen LogP contribution in [-0.2, 0) is 16.1 Å². The number of amides is 2. The first kappa shape index (κ1) is 15.5. The summed E-state index contributed by atoms with van der Waals surface area (Å²) < 4.78 is 0. The van der Waals surface area contributed by atoms with Gasteiger partial charge < -0.3 is 10.2 Å². The van der Waals surface area contributed by atoms with E-state index in [1.165, 1.54) is 5.56 Å². The van der Waals surface area contributed by atoms with Crippen molar-refractivity contribution in [3.05, 3.63) is 35.9 Å². The van der Waals surface area contributed by atoms with Crippen LogP contribution >= 0.6 is 0 Å². The smallest absolute Gasteiger partial charge is 0.311 e. The molecule has 5 heteroatoms. The van der Waals surface area contributed by atoms with Crippen LogP contribution in [0.4, 0.5) is 0 Å². The molecular formula is C16H23N3O2. The van der Waals surface area contributed by atoms with E-state index in [-0.39, 0.29) is 0 Å². The molecule has 0 spiro atoms. The highest BCUT2D eigenvalue weighted by molar-refractivity contribution is 6.35. The molecule has 0 atom stereocenters. The molecule has 0 aromatic heterocycles. The standard InChI is InChI=1S/C16H23N3O2/c1-2-8-17-15(20)16(21)19-11-9-18(10-12-19)13-14-6-4-3-5-7-14/h3-7H,2,8-13H2,1H3,(H,17,20). The minimum absolute atomic E-state index is 0.400. The molecule has 1 saturated heterocycles. The van der Waals surface area contributed by atoms with Crippen LogP contribution in [0, 0.1) is 0 Å². The summed E-state index contributed by atoms with van der Waals surface area (Å²) in [6, 6.07) is 10.3. The third-order valence-electron chi connectivity index (χ3n) is 3.64. The summed E-state index contributed by atoms with van der Waals surface area (Å²) >= 11 is 0. The van der Waals surface area contributed by atoms with Gasteiger partial charge >= 0.3 is 11.8 Å². The van der Waals surface area contributed by atoms with Crippen molar-refractivity contribution in [2.45, 2.75) is 19.9 Å². The first-order valence-corrected chi connectivity index (χ1v) is 7.54. The van der Waals surface area contributed by atoms with Crippen molar-refractivity contribution in [3.63, 3.8) is 0 Å². The lowest BCUT2D eigenvalue weighted by atomic mass is 10.2. The average Bonchev–Trinajstić information content (AvgIpc) is 2.53. The van der Waals surface area contributed by atoms with E-state index in [2.05, 4.69) is 22.3 Å². The van der Waals surface area contributed by atoms with E-state index in [1.807, 2.05) is 25.1 Å². The SMILES string of the molecule is CCCNC(=O)C(=O)N1CCN(Cc2ccccc2)CC1. The van der Waals surface area contributed by atoms with E-state index in [4.69, 9.17) is 0 Å². The second-order valence-corrected chi connectivity index (χ2v) is 5.31. The molecular weight excluding hydrogens is 266 g/mol. The molecule has 1 aliphatic rings. The van der Waals surface area contributed by atoms with E-state index in [9.17, 15) is 9.59 Å². The molecule has 5 nitrogen and oxygen atoms in total. The Morgan fingerprint density at radius 3 is 2.38 bits per heavy atom. The second-order valence-electron chi connectivity index (χ2n) is 5.31. The third kappa shape index (κ3) is 4.56. The largest absolute Gasteiger partial charge is 0.348 e. The number of rotatable bonds is 4. The molecule has 1 fully saturated rings. The number of carbonyl (C=O) groups is 2. The fourth-order valence-electron chi connectivity index (χ4n) is 2.41. The zero-order valence-electron chi connectivity index (χ0n) is 12.5. The predicted octanol–water partition coefficient (Wildman–Crippen LogP) is 0.857. The van der Waals surface area contributed by atoms with Gasteiger partial charge in [-0.25, -0.2) is 0 Å². The number of hydrogen-bond donors (Lipinski definition) is 1. The number of nitrogens with one attached hydrogen (secondary N) is 1. The summed E-state index contributed by atoms with van der Waals surface area (Å²) in [6.45, 7) is 6.26. The lowest BCUT2D eigenvalue weighted by Gasteiger charge is -2.34. The van der Waals surface area contributed by atoms with E-state index < -0.39 is 11.8 Å². The van der Waals surface area contributed by atoms with Crippen LogP contribution in [0.1, 0.15) is 18.9 Å². The molecule has 0 saturated carbocycles. The zero-order chi connectivity index (χ0) is 15.1. The van der Waals surface area contributed by atoms with Crippen molar-refractivity contribution >= 4 is 11.8 Å². The zero-order valence-corrected chi connectivity index (χ0v) is 12.5. The Kier molecular flexibility index (Phi) is 5.75. The van der Waals surface area contributed by atoms with Gasteiger partial charge in [0.25, 0.3) is 0 Å². The van der Waals surface area contributed by atoms with Gasteiger partial charge in [-0.2, -0.15) is 0 Å². The van der Waals surface area contributed by atoms with Gasteiger partial charge in [-0.3, -0.25) is 14.5 Å². The summed E-state index contributed by atoms with van der Waals surface area (Å²) in [6.07, 6.45) is 0.837. The number of carbonyl (C=O) groups excluding carboxylic acids is 2. The van der Waals surface area contributed by atoms with Crippen LogP contribution in [0.3, 0.4) is 0 Å². The molecule has 0 bridgehead atoms. The van der Waals surface area contributed by atoms with Gasteiger partial charge in [0.15, 0.2) is 0 Å². The van der Waals surface area contributed by atoms with Crippen molar-refractivity contribution in [2.24, 2.45) is 0 Å².